The Hall–Kier alpha value is -4.51. The molecule has 3 aromatic heterocycles. The molecule has 0 amide bonds. The van der Waals surface area contributed by atoms with Crippen LogP contribution in [0.25, 0.3) is 22.3 Å². The van der Waals surface area contributed by atoms with Gasteiger partial charge >= 0.3 is 12.1 Å². The van der Waals surface area contributed by atoms with Crippen LogP contribution in [-0.4, -0.2) is 44.1 Å². The summed E-state index contributed by atoms with van der Waals surface area (Å²) in [5, 5.41) is 15.9. The topological polar surface area (TPSA) is 101 Å². The highest BCUT2D eigenvalue weighted by molar-refractivity contribution is 6.30. The van der Waals surface area contributed by atoms with E-state index in [2.05, 4.69) is 15.1 Å². The van der Waals surface area contributed by atoms with Gasteiger partial charge in [-0.05, 0) is 53.1 Å². The smallest absolute Gasteiger partial charge is 0.433 e. The number of hydrogen-bond donors (Lipinski definition) is 1. The van der Waals surface area contributed by atoms with Crippen molar-refractivity contribution in [2.24, 2.45) is 5.10 Å². The highest BCUT2D eigenvalue weighted by Gasteiger charge is 2.34. The van der Waals surface area contributed by atoms with Gasteiger partial charge in [0.25, 0.3) is 0 Å². The third-order valence-electron chi connectivity index (χ3n) is 5.51. The maximum absolute atomic E-state index is 13.1. The molecule has 8 nitrogen and oxygen atoms in total. The van der Waals surface area contributed by atoms with E-state index in [1.54, 1.807) is 42.7 Å². The number of nitrogens with zero attached hydrogens (tertiary/aromatic N) is 5. The Kier molecular flexibility index (Phi) is 7.58. The van der Waals surface area contributed by atoms with Crippen molar-refractivity contribution in [1.82, 2.24) is 19.5 Å². The van der Waals surface area contributed by atoms with Crippen LogP contribution in [0.2, 0.25) is 5.02 Å². The van der Waals surface area contributed by atoms with Gasteiger partial charge in [0.2, 0.25) is 6.41 Å². The van der Waals surface area contributed by atoms with Crippen molar-refractivity contribution in [3.8, 4) is 22.3 Å². The monoisotopic (exact) mass is 541 g/mol. The molecule has 4 rings (SSSR count). The first kappa shape index (κ1) is 26.6. The molecule has 0 radical (unpaired) electrons. The van der Waals surface area contributed by atoms with Crippen molar-refractivity contribution in [1.29, 1.82) is 0 Å². The maximum Gasteiger partial charge on any atom is 0.433 e. The van der Waals surface area contributed by atoms with E-state index in [0.29, 0.717) is 28.6 Å². The van der Waals surface area contributed by atoms with Gasteiger partial charge in [-0.2, -0.15) is 18.3 Å². The first-order valence-corrected chi connectivity index (χ1v) is 11.4. The normalized spacial score (nSPS) is 11.9. The number of halogens is 4. The molecule has 38 heavy (non-hydrogen) atoms. The Morgan fingerprint density at radius 2 is 1.76 bits per heavy atom. The van der Waals surface area contributed by atoms with Gasteiger partial charge in [0.1, 0.15) is 5.69 Å². The van der Waals surface area contributed by atoms with Crippen LogP contribution >= 0.6 is 11.6 Å². The van der Waals surface area contributed by atoms with Crippen molar-refractivity contribution in [2.75, 3.05) is 7.05 Å². The van der Waals surface area contributed by atoms with Gasteiger partial charge in [0, 0.05) is 41.8 Å². The fourth-order valence-corrected chi connectivity index (χ4v) is 3.95. The highest BCUT2D eigenvalue weighted by atomic mass is 35.5. The summed E-state index contributed by atoms with van der Waals surface area (Å²) in [6.45, 7) is -0.202. The molecule has 194 valence electrons. The Morgan fingerprint density at radius 3 is 2.37 bits per heavy atom. The standard InChI is InChI=1S/C26H19ClF3N5O3/c1-34(14-18-4-7-21(26(28,29)30)32-23(18)25(37)38)33-24-22(17-8-11-31-12-9-17)20(10-13-35(24)15-36)16-2-5-19(27)6-3-16/h2-13,15H,14H2,1H3,(H,37,38)/b33-24-. The predicted octanol–water partition coefficient (Wildman–Crippen LogP) is 4.97. The average Bonchev–Trinajstić information content (AvgIpc) is 2.89. The number of benzene rings is 1. The molecule has 0 spiro atoms. The van der Waals surface area contributed by atoms with Crippen LogP contribution in [-0.2, 0) is 17.5 Å². The van der Waals surface area contributed by atoms with Crippen LogP contribution in [0.5, 0.6) is 0 Å². The summed E-state index contributed by atoms with van der Waals surface area (Å²) in [5.41, 5.74) is 0.934. The summed E-state index contributed by atoms with van der Waals surface area (Å²) in [5.74, 6) is -1.61. The van der Waals surface area contributed by atoms with Crippen LogP contribution in [0.15, 0.2) is 78.3 Å². The molecule has 0 atom stereocenters. The van der Waals surface area contributed by atoms with E-state index in [-0.39, 0.29) is 17.6 Å². The van der Waals surface area contributed by atoms with E-state index in [9.17, 15) is 27.9 Å². The zero-order chi connectivity index (χ0) is 27.4. The maximum atomic E-state index is 13.1. The van der Waals surface area contributed by atoms with Crippen molar-refractivity contribution in [3.05, 3.63) is 101 Å². The van der Waals surface area contributed by atoms with Crippen LogP contribution in [0, 0.1) is 0 Å². The van der Waals surface area contributed by atoms with E-state index in [0.717, 1.165) is 17.2 Å². The molecule has 12 heteroatoms. The summed E-state index contributed by atoms with van der Waals surface area (Å²) in [4.78, 5) is 31.0. The molecule has 0 unspecified atom stereocenters. The Labute approximate surface area is 219 Å². The van der Waals surface area contributed by atoms with Gasteiger partial charge in [0.05, 0.1) is 6.54 Å². The zero-order valence-corrected chi connectivity index (χ0v) is 20.5. The number of hydrogen-bond acceptors (Lipinski definition) is 6. The summed E-state index contributed by atoms with van der Waals surface area (Å²) in [6, 6.07) is 14.1. The molecule has 1 N–H and O–H groups in total. The van der Waals surface area contributed by atoms with Gasteiger partial charge in [-0.25, -0.2) is 9.78 Å². The first-order chi connectivity index (χ1) is 18.1. The molecule has 0 aliphatic rings. The Bertz CT molecular complexity index is 1560. The number of carboxylic acid groups (broad SMARTS) is 1. The Balaban J connectivity index is 1.88. The molecule has 0 aliphatic heterocycles. The van der Waals surface area contributed by atoms with E-state index < -0.39 is 23.5 Å². The minimum atomic E-state index is -4.80. The van der Waals surface area contributed by atoms with Gasteiger partial charge in [-0.1, -0.05) is 29.8 Å². The number of carboxylic acids is 1. The lowest BCUT2D eigenvalue weighted by Gasteiger charge is -2.18. The number of pyridine rings is 3. The minimum Gasteiger partial charge on any atom is -0.477 e. The van der Waals surface area contributed by atoms with Gasteiger partial charge in [0.15, 0.2) is 11.2 Å². The number of rotatable bonds is 7. The second-order valence-electron chi connectivity index (χ2n) is 8.11. The van der Waals surface area contributed by atoms with Gasteiger partial charge < -0.3 is 5.11 Å². The van der Waals surface area contributed by atoms with E-state index in [1.165, 1.54) is 22.8 Å². The number of aromatic nitrogens is 3. The quantitative estimate of drug-likeness (QED) is 0.262. The summed E-state index contributed by atoms with van der Waals surface area (Å²) < 4.78 is 40.5. The predicted molar refractivity (Wildman–Crippen MR) is 133 cm³/mol. The highest BCUT2D eigenvalue weighted by Crippen LogP contribution is 2.31. The summed E-state index contributed by atoms with van der Waals surface area (Å²) in [7, 11) is 1.50. The van der Waals surface area contributed by atoms with Gasteiger partial charge in [-0.3, -0.25) is 19.4 Å². The van der Waals surface area contributed by atoms with Crippen molar-refractivity contribution in [2.45, 2.75) is 12.7 Å². The minimum absolute atomic E-state index is 0.00807. The average molecular weight is 542 g/mol. The molecule has 0 bridgehead atoms. The van der Waals surface area contributed by atoms with Crippen molar-refractivity contribution < 1.29 is 27.9 Å². The largest absolute Gasteiger partial charge is 0.477 e. The molecular weight excluding hydrogens is 523 g/mol. The molecule has 0 fully saturated rings. The number of alkyl halides is 3. The van der Waals surface area contributed by atoms with Crippen LogP contribution in [0.1, 0.15) is 21.7 Å². The third kappa shape index (κ3) is 5.73. The van der Waals surface area contributed by atoms with E-state index in [1.807, 2.05) is 12.1 Å². The SMILES string of the molecule is CN(Cc1ccc(C(F)(F)F)nc1C(=O)O)/N=c1/c(-c2ccncc2)c(-c2ccc(Cl)cc2)ccn1C=O. The van der Waals surface area contributed by atoms with E-state index >= 15 is 0 Å². The first-order valence-electron chi connectivity index (χ1n) is 11.0. The summed E-state index contributed by atoms with van der Waals surface area (Å²) in [6.07, 6.45) is 0.456. The number of carbonyl (C=O) groups excluding carboxylic acids is 1. The van der Waals surface area contributed by atoms with Crippen LogP contribution in [0.3, 0.4) is 0 Å². The lowest BCUT2D eigenvalue weighted by Crippen LogP contribution is -2.28. The molecular formula is C26H19ClF3N5O3. The molecule has 4 aromatic rings. The van der Waals surface area contributed by atoms with Crippen molar-refractivity contribution in [3.63, 3.8) is 0 Å². The van der Waals surface area contributed by atoms with Crippen LogP contribution in [0.4, 0.5) is 13.2 Å². The molecule has 1 aromatic carbocycles. The second kappa shape index (κ2) is 10.9. The second-order valence-corrected chi connectivity index (χ2v) is 8.54. The zero-order valence-electron chi connectivity index (χ0n) is 19.7. The number of carbonyl (C=O) groups is 2. The lowest BCUT2D eigenvalue weighted by molar-refractivity contribution is -0.141. The molecule has 0 aliphatic carbocycles. The van der Waals surface area contributed by atoms with Gasteiger partial charge in [-0.15, -0.1) is 0 Å². The molecule has 3 heterocycles. The summed E-state index contributed by atoms with van der Waals surface area (Å²) >= 11 is 6.06. The fraction of sp³-hybridized carbons (Fsp3) is 0.115. The Morgan fingerprint density at radius 1 is 1.08 bits per heavy atom. The molecule has 0 saturated carbocycles. The van der Waals surface area contributed by atoms with Crippen LogP contribution < -0.4 is 5.49 Å². The lowest BCUT2D eigenvalue weighted by atomic mass is 9.96. The third-order valence-corrected chi connectivity index (χ3v) is 5.77. The molecule has 0 saturated heterocycles. The van der Waals surface area contributed by atoms with E-state index in [4.69, 9.17) is 11.6 Å². The number of aromatic carboxylic acids is 1. The fourth-order valence-electron chi connectivity index (χ4n) is 3.82. The van der Waals surface area contributed by atoms with Crippen molar-refractivity contribution >= 4 is 24.0 Å².